The van der Waals surface area contributed by atoms with Crippen molar-refractivity contribution in [1.82, 2.24) is 19.9 Å². The molecule has 0 saturated carbocycles. The van der Waals surface area contributed by atoms with Crippen molar-refractivity contribution in [1.29, 1.82) is 0 Å². The molecule has 1 aromatic carbocycles. The maximum Gasteiger partial charge on any atom is 0.184 e. The first-order chi connectivity index (χ1) is 9.78. The van der Waals surface area contributed by atoms with Crippen LogP contribution in [0.5, 0.6) is 0 Å². The highest BCUT2D eigenvalue weighted by atomic mass is 16.4. The van der Waals surface area contributed by atoms with E-state index in [0.29, 0.717) is 22.7 Å². The van der Waals surface area contributed by atoms with Gasteiger partial charge in [-0.1, -0.05) is 35.5 Å². The number of nitrogens with zero attached hydrogens (tertiary/aromatic N) is 5. The first-order valence-corrected chi connectivity index (χ1v) is 5.81. The van der Waals surface area contributed by atoms with E-state index in [2.05, 4.69) is 25.1 Å². The fourth-order valence-corrected chi connectivity index (χ4v) is 1.78. The summed E-state index contributed by atoms with van der Waals surface area (Å²) in [5.41, 5.74) is 7.90. The van der Waals surface area contributed by atoms with Crippen LogP contribution in [0.3, 0.4) is 0 Å². The van der Waals surface area contributed by atoms with Gasteiger partial charge in [-0.15, -0.1) is 0 Å². The van der Waals surface area contributed by atoms with Crippen LogP contribution >= 0.6 is 0 Å². The molecule has 0 aliphatic rings. The number of benzene rings is 1. The van der Waals surface area contributed by atoms with Crippen molar-refractivity contribution in [3.63, 3.8) is 0 Å². The van der Waals surface area contributed by atoms with Crippen LogP contribution in [-0.2, 0) is 0 Å². The first-order valence-electron chi connectivity index (χ1n) is 5.81. The average molecular weight is 266 g/mol. The van der Waals surface area contributed by atoms with Gasteiger partial charge in [-0.05, 0) is 0 Å². The topological polar surface area (TPSA) is 110 Å². The van der Waals surface area contributed by atoms with Gasteiger partial charge >= 0.3 is 0 Å². The average Bonchev–Trinajstić information content (AvgIpc) is 2.49. The van der Waals surface area contributed by atoms with E-state index in [1.807, 2.05) is 30.3 Å². The van der Waals surface area contributed by atoms with Crippen LogP contribution in [0.4, 0.5) is 5.82 Å². The number of aromatic nitrogens is 4. The second-order valence-corrected chi connectivity index (χ2v) is 4.01. The maximum absolute atomic E-state index is 8.49. The van der Waals surface area contributed by atoms with Gasteiger partial charge in [-0.25, -0.2) is 19.9 Å². The zero-order valence-electron chi connectivity index (χ0n) is 10.3. The lowest BCUT2D eigenvalue weighted by molar-refractivity contribution is 0.321. The summed E-state index contributed by atoms with van der Waals surface area (Å²) in [4.78, 5) is 16.9. The SMILES string of the molecule is Nc1nc(-c2ccccc2)nc2ncc(/C=N/O)nc12. The van der Waals surface area contributed by atoms with Crippen molar-refractivity contribution in [2.24, 2.45) is 5.16 Å². The summed E-state index contributed by atoms with van der Waals surface area (Å²) in [6.45, 7) is 0. The Hall–Kier alpha value is -3.09. The molecule has 3 rings (SSSR count). The van der Waals surface area contributed by atoms with Gasteiger partial charge in [0, 0.05) is 5.56 Å². The molecule has 0 fully saturated rings. The number of nitrogens with two attached hydrogens (primary N) is 1. The zero-order chi connectivity index (χ0) is 13.9. The van der Waals surface area contributed by atoms with Crippen LogP contribution in [0.25, 0.3) is 22.6 Å². The maximum atomic E-state index is 8.49. The number of nitrogen functional groups attached to an aromatic ring is 1. The molecule has 7 heteroatoms. The second kappa shape index (κ2) is 4.88. The van der Waals surface area contributed by atoms with Crippen LogP contribution in [0.15, 0.2) is 41.7 Å². The van der Waals surface area contributed by atoms with E-state index < -0.39 is 0 Å². The molecule has 2 aromatic heterocycles. The van der Waals surface area contributed by atoms with E-state index in [1.54, 1.807) is 0 Å². The summed E-state index contributed by atoms with van der Waals surface area (Å²) in [5, 5.41) is 11.4. The Morgan fingerprint density at radius 2 is 1.90 bits per heavy atom. The Bertz CT molecular complexity index is 787. The Morgan fingerprint density at radius 1 is 1.10 bits per heavy atom. The molecule has 0 aliphatic carbocycles. The number of anilines is 1. The lowest BCUT2D eigenvalue weighted by atomic mass is 10.2. The van der Waals surface area contributed by atoms with Crippen molar-refractivity contribution < 1.29 is 5.21 Å². The van der Waals surface area contributed by atoms with Gasteiger partial charge in [0.05, 0.1) is 12.4 Å². The second-order valence-electron chi connectivity index (χ2n) is 4.01. The van der Waals surface area contributed by atoms with Crippen molar-refractivity contribution in [2.45, 2.75) is 0 Å². The molecular formula is C13H10N6O. The largest absolute Gasteiger partial charge is 0.411 e. The molecule has 20 heavy (non-hydrogen) atoms. The molecule has 0 spiro atoms. The summed E-state index contributed by atoms with van der Waals surface area (Å²) in [6, 6.07) is 9.48. The van der Waals surface area contributed by atoms with E-state index in [0.717, 1.165) is 11.8 Å². The minimum absolute atomic E-state index is 0.231. The molecule has 0 bridgehead atoms. The number of hydrogen-bond acceptors (Lipinski definition) is 7. The van der Waals surface area contributed by atoms with Crippen LogP contribution in [0.1, 0.15) is 5.69 Å². The van der Waals surface area contributed by atoms with Crippen molar-refractivity contribution in [3.8, 4) is 11.4 Å². The highest BCUT2D eigenvalue weighted by Crippen LogP contribution is 2.20. The molecule has 3 aromatic rings. The number of fused-ring (bicyclic) bond motifs is 1. The fourth-order valence-electron chi connectivity index (χ4n) is 1.78. The monoisotopic (exact) mass is 266 g/mol. The molecule has 2 heterocycles. The Kier molecular flexibility index (Phi) is 2.92. The van der Waals surface area contributed by atoms with Gasteiger partial charge in [-0.2, -0.15) is 0 Å². The van der Waals surface area contributed by atoms with Gasteiger partial charge in [0.15, 0.2) is 22.8 Å². The summed E-state index contributed by atoms with van der Waals surface area (Å²) in [5.74, 6) is 0.725. The standard InChI is InChI=1S/C13H10N6O/c14-11-10-13(15-6-9(17-10)7-16-20)19-12(18-11)8-4-2-1-3-5-8/h1-7,20H,(H2,14,15,18,19)/b16-7+. The van der Waals surface area contributed by atoms with Crippen LogP contribution in [0.2, 0.25) is 0 Å². The Balaban J connectivity index is 2.18. The van der Waals surface area contributed by atoms with Gasteiger partial charge in [0.25, 0.3) is 0 Å². The third-order valence-electron chi connectivity index (χ3n) is 2.67. The number of hydrogen-bond donors (Lipinski definition) is 2. The molecule has 0 unspecified atom stereocenters. The summed E-state index contributed by atoms with van der Waals surface area (Å²) >= 11 is 0. The predicted molar refractivity (Wildman–Crippen MR) is 74.4 cm³/mol. The Labute approximate surface area is 113 Å². The molecule has 3 N–H and O–H groups in total. The summed E-state index contributed by atoms with van der Waals surface area (Å²) in [6.07, 6.45) is 2.61. The molecule has 0 saturated heterocycles. The minimum atomic E-state index is 0.231. The molecule has 0 atom stereocenters. The molecule has 0 radical (unpaired) electrons. The first kappa shape index (κ1) is 12.0. The van der Waals surface area contributed by atoms with Crippen LogP contribution in [0, 0.1) is 0 Å². The van der Waals surface area contributed by atoms with Crippen molar-refractivity contribution >= 4 is 23.2 Å². The third-order valence-corrected chi connectivity index (χ3v) is 2.67. The fraction of sp³-hybridized carbons (Fsp3) is 0. The predicted octanol–water partition coefficient (Wildman–Crippen LogP) is 1.48. The molecule has 7 nitrogen and oxygen atoms in total. The lowest BCUT2D eigenvalue weighted by Gasteiger charge is -2.04. The Morgan fingerprint density at radius 3 is 2.65 bits per heavy atom. The third kappa shape index (κ3) is 2.12. The van der Waals surface area contributed by atoms with Gasteiger partial charge in [-0.3, -0.25) is 0 Å². The number of rotatable bonds is 2. The molecule has 0 amide bonds. The van der Waals surface area contributed by atoms with Crippen molar-refractivity contribution in [3.05, 3.63) is 42.2 Å². The molecule has 98 valence electrons. The smallest absolute Gasteiger partial charge is 0.184 e. The van der Waals surface area contributed by atoms with E-state index >= 15 is 0 Å². The van der Waals surface area contributed by atoms with E-state index in [4.69, 9.17) is 10.9 Å². The van der Waals surface area contributed by atoms with Crippen molar-refractivity contribution in [2.75, 3.05) is 5.73 Å². The molecule has 0 aliphatic heterocycles. The highest BCUT2D eigenvalue weighted by molar-refractivity contribution is 5.86. The highest BCUT2D eigenvalue weighted by Gasteiger charge is 2.09. The lowest BCUT2D eigenvalue weighted by Crippen LogP contribution is -2.02. The number of oxime groups is 1. The summed E-state index contributed by atoms with van der Waals surface area (Å²) < 4.78 is 0. The normalized spacial score (nSPS) is 11.2. The van der Waals surface area contributed by atoms with Gasteiger partial charge in [0.1, 0.15) is 5.69 Å². The molecular weight excluding hydrogens is 256 g/mol. The minimum Gasteiger partial charge on any atom is -0.411 e. The summed E-state index contributed by atoms with van der Waals surface area (Å²) in [7, 11) is 0. The van der Waals surface area contributed by atoms with E-state index in [9.17, 15) is 0 Å². The van der Waals surface area contributed by atoms with Gasteiger partial charge < -0.3 is 10.9 Å². The quantitative estimate of drug-likeness (QED) is 0.413. The van der Waals surface area contributed by atoms with E-state index in [-0.39, 0.29) is 5.82 Å². The zero-order valence-corrected chi connectivity index (χ0v) is 10.3. The van der Waals surface area contributed by atoms with Crippen LogP contribution < -0.4 is 5.73 Å². The van der Waals surface area contributed by atoms with E-state index in [1.165, 1.54) is 6.20 Å². The van der Waals surface area contributed by atoms with Crippen LogP contribution in [-0.4, -0.2) is 31.4 Å². The van der Waals surface area contributed by atoms with Gasteiger partial charge in [0.2, 0.25) is 0 Å².